The molecule has 0 fully saturated rings. The number of anilines is 1. The van der Waals surface area contributed by atoms with Gasteiger partial charge in [0.15, 0.2) is 0 Å². The van der Waals surface area contributed by atoms with E-state index in [-0.39, 0.29) is 35.7 Å². The van der Waals surface area contributed by atoms with E-state index < -0.39 is 10.0 Å². The molecule has 0 aliphatic rings. The molecule has 0 saturated heterocycles. The minimum absolute atomic E-state index is 0.119. The number of hydrogen-bond acceptors (Lipinski definition) is 4. The quantitative estimate of drug-likeness (QED) is 0.604. The number of amides is 2. The molecular formula is C20H24BrN3O4S. The zero-order valence-electron chi connectivity index (χ0n) is 16.5. The van der Waals surface area contributed by atoms with Crippen LogP contribution in [-0.2, 0) is 14.8 Å². The van der Waals surface area contributed by atoms with Crippen molar-refractivity contribution in [2.24, 2.45) is 0 Å². The Labute approximate surface area is 179 Å². The molecule has 2 N–H and O–H groups in total. The Morgan fingerprint density at radius 2 is 1.62 bits per heavy atom. The number of rotatable bonds is 8. The van der Waals surface area contributed by atoms with Gasteiger partial charge < -0.3 is 10.6 Å². The molecule has 0 aliphatic heterocycles. The Morgan fingerprint density at radius 1 is 1.03 bits per heavy atom. The van der Waals surface area contributed by atoms with E-state index in [9.17, 15) is 18.0 Å². The second-order valence-corrected chi connectivity index (χ2v) is 9.61. The molecule has 0 atom stereocenters. The van der Waals surface area contributed by atoms with Gasteiger partial charge in [0.2, 0.25) is 15.9 Å². The maximum absolute atomic E-state index is 12.4. The van der Waals surface area contributed by atoms with E-state index in [1.54, 1.807) is 26.0 Å². The smallest absolute Gasteiger partial charge is 0.251 e. The molecule has 156 valence electrons. The van der Waals surface area contributed by atoms with Crippen LogP contribution in [0.3, 0.4) is 0 Å². The number of benzene rings is 2. The van der Waals surface area contributed by atoms with E-state index in [0.29, 0.717) is 11.3 Å². The summed E-state index contributed by atoms with van der Waals surface area (Å²) in [6, 6.07) is 12.7. The number of sulfonamides is 1. The van der Waals surface area contributed by atoms with Crippen LogP contribution in [0.25, 0.3) is 0 Å². The first kappa shape index (κ1) is 23.1. The van der Waals surface area contributed by atoms with Crippen LogP contribution in [-0.4, -0.2) is 44.2 Å². The normalized spacial score (nSPS) is 11.5. The first-order valence-electron chi connectivity index (χ1n) is 9.03. The summed E-state index contributed by atoms with van der Waals surface area (Å²) in [4.78, 5) is 24.3. The van der Waals surface area contributed by atoms with Crippen LogP contribution in [0.5, 0.6) is 0 Å². The maximum atomic E-state index is 12.4. The van der Waals surface area contributed by atoms with E-state index in [1.165, 1.54) is 35.6 Å². The third-order valence-corrected chi connectivity index (χ3v) is 6.86. The fraction of sp³-hybridized carbons (Fsp3) is 0.300. The molecule has 2 aromatic carbocycles. The van der Waals surface area contributed by atoms with Gasteiger partial charge in [-0.1, -0.05) is 15.9 Å². The molecule has 0 spiro atoms. The average molecular weight is 482 g/mol. The van der Waals surface area contributed by atoms with Crippen LogP contribution < -0.4 is 10.6 Å². The first-order valence-corrected chi connectivity index (χ1v) is 11.3. The second-order valence-electron chi connectivity index (χ2n) is 6.70. The van der Waals surface area contributed by atoms with Crippen molar-refractivity contribution in [1.82, 2.24) is 9.62 Å². The Kier molecular flexibility index (Phi) is 7.95. The van der Waals surface area contributed by atoms with E-state index in [1.807, 2.05) is 12.1 Å². The van der Waals surface area contributed by atoms with Gasteiger partial charge >= 0.3 is 0 Å². The lowest BCUT2D eigenvalue weighted by molar-refractivity contribution is -0.116. The lowest BCUT2D eigenvalue weighted by atomic mass is 10.2. The van der Waals surface area contributed by atoms with Crippen molar-refractivity contribution in [3.05, 3.63) is 58.6 Å². The molecule has 0 radical (unpaired) electrons. The van der Waals surface area contributed by atoms with Gasteiger partial charge in [-0.25, -0.2) is 8.42 Å². The standard InChI is InChI=1S/C20H24BrN3O4S/c1-14(2)24(3)29(27,28)18-10-4-15(5-11-18)20(26)22-13-12-19(25)23-17-8-6-16(21)7-9-17/h4-11,14H,12-13H2,1-3H3,(H,22,26)(H,23,25). The van der Waals surface area contributed by atoms with Gasteiger partial charge in [0.05, 0.1) is 4.90 Å². The Bertz CT molecular complexity index is 958. The van der Waals surface area contributed by atoms with E-state index in [4.69, 9.17) is 0 Å². The lowest BCUT2D eigenvalue weighted by Gasteiger charge is -2.21. The highest BCUT2D eigenvalue weighted by Crippen LogP contribution is 2.17. The monoisotopic (exact) mass is 481 g/mol. The summed E-state index contributed by atoms with van der Waals surface area (Å²) in [5, 5.41) is 5.40. The molecule has 0 saturated carbocycles. The average Bonchev–Trinajstić information content (AvgIpc) is 2.69. The van der Waals surface area contributed by atoms with Gasteiger partial charge in [0.25, 0.3) is 5.91 Å². The molecule has 2 amide bonds. The summed E-state index contributed by atoms with van der Waals surface area (Å²) < 4.78 is 27.1. The molecule has 0 aromatic heterocycles. The Balaban J connectivity index is 1.88. The highest BCUT2D eigenvalue weighted by Gasteiger charge is 2.23. The highest BCUT2D eigenvalue weighted by atomic mass is 79.9. The zero-order chi connectivity index (χ0) is 21.6. The third kappa shape index (κ3) is 6.38. The van der Waals surface area contributed by atoms with Crippen LogP contribution >= 0.6 is 15.9 Å². The predicted molar refractivity (Wildman–Crippen MR) is 116 cm³/mol. The van der Waals surface area contributed by atoms with Crippen molar-refractivity contribution in [1.29, 1.82) is 0 Å². The molecule has 0 heterocycles. The van der Waals surface area contributed by atoms with Crippen LogP contribution in [0.15, 0.2) is 57.9 Å². The largest absolute Gasteiger partial charge is 0.352 e. The van der Waals surface area contributed by atoms with Crippen molar-refractivity contribution in [2.75, 3.05) is 18.9 Å². The van der Waals surface area contributed by atoms with Gasteiger partial charge in [-0.3, -0.25) is 9.59 Å². The van der Waals surface area contributed by atoms with Gasteiger partial charge in [-0.15, -0.1) is 0 Å². The summed E-state index contributed by atoms with van der Waals surface area (Å²) in [6.45, 7) is 3.73. The summed E-state index contributed by atoms with van der Waals surface area (Å²) in [7, 11) is -2.08. The predicted octanol–water partition coefficient (Wildman–Crippen LogP) is 3.24. The summed E-state index contributed by atoms with van der Waals surface area (Å²) in [5.74, 6) is -0.589. The highest BCUT2D eigenvalue weighted by molar-refractivity contribution is 9.10. The summed E-state index contributed by atoms with van der Waals surface area (Å²) >= 11 is 3.32. The lowest BCUT2D eigenvalue weighted by Crippen LogP contribution is -2.33. The van der Waals surface area contributed by atoms with Gasteiger partial charge in [-0.2, -0.15) is 4.31 Å². The molecule has 9 heteroatoms. The fourth-order valence-electron chi connectivity index (χ4n) is 2.37. The maximum Gasteiger partial charge on any atom is 0.251 e. The molecule has 2 aromatic rings. The zero-order valence-corrected chi connectivity index (χ0v) is 18.9. The number of hydrogen-bond donors (Lipinski definition) is 2. The molecule has 0 unspecified atom stereocenters. The van der Waals surface area contributed by atoms with Crippen LogP contribution in [0, 0.1) is 0 Å². The van der Waals surface area contributed by atoms with Gasteiger partial charge in [0, 0.05) is 41.8 Å². The summed E-state index contributed by atoms with van der Waals surface area (Å²) in [6.07, 6.45) is 0.119. The second kappa shape index (κ2) is 10.00. The third-order valence-electron chi connectivity index (χ3n) is 4.29. The van der Waals surface area contributed by atoms with E-state index >= 15 is 0 Å². The van der Waals surface area contributed by atoms with E-state index in [2.05, 4.69) is 26.6 Å². The summed E-state index contributed by atoms with van der Waals surface area (Å²) in [5.41, 5.74) is 0.997. The number of carbonyl (C=O) groups excluding carboxylic acids is 2. The van der Waals surface area contributed by atoms with E-state index in [0.717, 1.165) is 4.47 Å². The molecule has 7 nitrogen and oxygen atoms in total. The molecule has 2 rings (SSSR count). The Morgan fingerprint density at radius 3 is 2.17 bits per heavy atom. The topological polar surface area (TPSA) is 95.6 Å². The minimum atomic E-state index is -3.60. The van der Waals surface area contributed by atoms with Crippen molar-refractivity contribution in [2.45, 2.75) is 31.2 Å². The molecule has 0 aliphatic carbocycles. The Hall–Kier alpha value is -2.23. The van der Waals surface area contributed by atoms with Crippen molar-refractivity contribution >= 4 is 43.5 Å². The van der Waals surface area contributed by atoms with Crippen molar-refractivity contribution in [3.63, 3.8) is 0 Å². The number of halogens is 1. The van der Waals surface area contributed by atoms with Crippen molar-refractivity contribution < 1.29 is 18.0 Å². The molecule has 0 bridgehead atoms. The fourth-order valence-corrected chi connectivity index (χ4v) is 4.00. The van der Waals surface area contributed by atoms with Gasteiger partial charge in [-0.05, 0) is 62.4 Å². The molecular weight excluding hydrogens is 458 g/mol. The number of nitrogens with one attached hydrogen (secondary N) is 2. The van der Waals surface area contributed by atoms with Gasteiger partial charge in [0.1, 0.15) is 0 Å². The minimum Gasteiger partial charge on any atom is -0.352 e. The SMILES string of the molecule is CC(C)N(C)S(=O)(=O)c1ccc(C(=O)NCCC(=O)Nc2ccc(Br)cc2)cc1. The molecule has 29 heavy (non-hydrogen) atoms. The van der Waals surface area contributed by atoms with Crippen molar-refractivity contribution in [3.8, 4) is 0 Å². The number of carbonyl (C=O) groups is 2. The van der Waals surface area contributed by atoms with Crippen LogP contribution in [0.2, 0.25) is 0 Å². The van der Waals surface area contributed by atoms with Crippen LogP contribution in [0.1, 0.15) is 30.6 Å². The van der Waals surface area contributed by atoms with Crippen LogP contribution in [0.4, 0.5) is 5.69 Å². The number of nitrogens with zero attached hydrogens (tertiary/aromatic N) is 1. The first-order chi connectivity index (χ1) is 13.6.